The molecule has 28 heavy (non-hydrogen) atoms. The molecule has 0 saturated heterocycles. The molecule has 0 radical (unpaired) electrons. The molecule has 0 saturated carbocycles. The lowest BCUT2D eigenvalue weighted by Gasteiger charge is -2.20. The van der Waals surface area contributed by atoms with Crippen molar-refractivity contribution in [2.24, 2.45) is 0 Å². The van der Waals surface area contributed by atoms with E-state index in [0.717, 1.165) is 28.1 Å². The van der Waals surface area contributed by atoms with Crippen LogP contribution in [0.4, 0.5) is 5.13 Å². The Hall–Kier alpha value is -2.41. The molecule has 0 N–H and O–H groups in total. The van der Waals surface area contributed by atoms with Crippen LogP contribution in [0.25, 0.3) is 16.3 Å². The molecule has 1 heterocycles. The fourth-order valence-corrected chi connectivity index (χ4v) is 3.77. The Morgan fingerprint density at radius 3 is 2.71 bits per heavy atom. The number of benzene rings is 2. The Morgan fingerprint density at radius 1 is 1.21 bits per heavy atom. The Bertz CT molecular complexity index is 1000. The highest BCUT2D eigenvalue weighted by molar-refractivity contribution is 7.22. The van der Waals surface area contributed by atoms with Gasteiger partial charge in [0.2, 0.25) is 0 Å². The van der Waals surface area contributed by atoms with Crippen LogP contribution in [0.15, 0.2) is 48.5 Å². The van der Waals surface area contributed by atoms with Crippen molar-refractivity contribution in [2.45, 2.75) is 0 Å². The average Bonchev–Trinajstić information content (AvgIpc) is 3.09. The number of halogens is 1. The van der Waals surface area contributed by atoms with E-state index in [9.17, 15) is 4.79 Å². The van der Waals surface area contributed by atoms with Gasteiger partial charge in [-0.25, -0.2) is 4.98 Å². The van der Waals surface area contributed by atoms with Gasteiger partial charge in [0.1, 0.15) is 5.75 Å². The molecular weight excluding hydrogens is 394 g/mol. The minimum atomic E-state index is -0.132. The van der Waals surface area contributed by atoms with Crippen molar-refractivity contribution < 1.29 is 9.53 Å². The fraction of sp³-hybridized carbons (Fsp3) is 0.238. The number of fused-ring (bicyclic) bond motifs is 1. The SMILES string of the molecule is COc1ccc2sc(N(CCN(C)C)C(=O)/C=C/c3ccccc3Cl)nc2c1. The maximum atomic E-state index is 13.0. The number of likely N-dealkylation sites (N-methyl/N-ethyl adjacent to an activating group) is 1. The van der Waals surface area contributed by atoms with Crippen LogP contribution in [0, 0.1) is 0 Å². The van der Waals surface area contributed by atoms with E-state index < -0.39 is 0 Å². The van der Waals surface area contributed by atoms with Crippen LogP contribution in [0.1, 0.15) is 5.56 Å². The highest BCUT2D eigenvalue weighted by Crippen LogP contribution is 2.31. The number of methoxy groups -OCH3 is 1. The molecule has 7 heteroatoms. The molecule has 3 rings (SSSR count). The van der Waals surface area contributed by atoms with Crippen LogP contribution in [-0.4, -0.2) is 50.1 Å². The summed E-state index contributed by atoms with van der Waals surface area (Å²) in [5, 5.41) is 1.28. The van der Waals surface area contributed by atoms with Gasteiger partial charge in [0.25, 0.3) is 5.91 Å². The van der Waals surface area contributed by atoms with E-state index in [1.54, 1.807) is 30.2 Å². The summed E-state index contributed by atoms with van der Waals surface area (Å²) < 4.78 is 6.28. The second kappa shape index (κ2) is 9.19. The van der Waals surface area contributed by atoms with Crippen molar-refractivity contribution >= 4 is 50.3 Å². The van der Waals surface area contributed by atoms with E-state index in [1.807, 2.05) is 55.4 Å². The third-order valence-electron chi connectivity index (χ3n) is 4.16. The van der Waals surface area contributed by atoms with Gasteiger partial charge in [-0.3, -0.25) is 9.69 Å². The number of aromatic nitrogens is 1. The van der Waals surface area contributed by atoms with Crippen LogP contribution < -0.4 is 9.64 Å². The second-order valence-corrected chi connectivity index (χ2v) is 7.89. The molecule has 0 aliphatic heterocycles. The number of anilines is 1. The quantitative estimate of drug-likeness (QED) is 0.530. The number of hydrogen-bond donors (Lipinski definition) is 0. The summed E-state index contributed by atoms with van der Waals surface area (Å²) in [5.74, 6) is 0.613. The Balaban J connectivity index is 1.90. The number of carbonyl (C=O) groups is 1. The molecule has 0 bridgehead atoms. The van der Waals surface area contributed by atoms with Crippen molar-refractivity contribution in [3.63, 3.8) is 0 Å². The van der Waals surface area contributed by atoms with Gasteiger partial charge in [-0.2, -0.15) is 0 Å². The van der Waals surface area contributed by atoms with E-state index in [0.29, 0.717) is 16.7 Å². The summed E-state index contributed by atoms with van der Waals surface area (Å²) in [4.78, 5) is 21.4. The molecule has 3 aromatic rings. The van der Waals surface area contributed by atoms with E-state index in [2.05, 4.69) is 4.98 Å². The van der Waals surface area contributed by atoms with Crippen molar-refractivity contribution in [3.05, 3.63) is 59.1 Å². The Morgan fingerprint density at radius 2 is 2.00 bits per heavy atom. The van der Waals surface area contributed by atoms with Crippen LogP contribution in [-0.2, 0) is 4.79 Å². The zero-order valence-electron chi connectivity index (χ0n) is 16.1. The molecule has 1 amide bonds. The molecule has 146 valence electrons. The molecule has 0 aliphatic rings. The van der Waals surface area contributed by atoms with Crippen molar-refractivity contribution in [2.75, 3.05) is 39.2 Å². The maximum Gasteiger partial charge on any atom is 0.252 e. The standard InChI is InChI=1S/C21H22ClN3O2S/c1-24(2)12-13-25(20(26)11-8-15-6-4-5-7-17(15)22)21-23-18-14-16(27-3)9-10-19(18)28-21/h4-11,14H,12-13H2,1-3H3/b11-8+. The zero-order valence-corrected chi connectivity index (χ0v) is 17.6. The van der Waals surface area contributed by atoms with Crippen molar-refractivity contribution in [1.82, 2.24) is 9.88 Å². The molecule has 0 fully saturated rings. The lowest BCUT2D eigenvalue weighted by Crippen LogP contribution is -2.35. The van der Waals surface area contributed by atoms with E-state index in [4.69, 9.17) is 16.3 Å². The highest BCUT2D eigenvalue weighted by Gasteiger charge is 2.18. The molecule has 0 atom stereocenters. The molecule has 0 aliphatic carbocycles. The number of ether oxygens (including phenoxy) is 1. The number of thiazole rings is 1. The number of nitrogens with zero attached hydrogens (tertiary/aromatic N) is 3. The summed E-state index contributed by atoms with van der Waals surface area (Å²) in [6, 6.07) is 13.2. The average molecular weight is 416 g/mol. The number of amides is 1. The van der Waals surface area contributed by atoms with Gasteiger partial charge < -0.3 is 9.64 Å². The third-order valence-corrected chi connectivity index (χ3v) is 5.57. The molecule has 0 spiro atoms. The van der Waals surface area contributed by atoms with Gasteiger partial charge in [0.15, 0.2) is 5.13 Å². The Labute approximate surface area is 173 Å². The van der Waals surface area contributed by atoms with Crippen LogP contribution in [0.3, 0.4) is 0 Å². The van der Waals surface area contributed by atoms with Crippen LogP contribution in [0.5, 0.6) is 5.75 Å². The number of hydrogen-bond acceptors (Lipinski definition) is 5. The third kappa shape index (κ3) is 4.90. The highest BCUT2D eigenvalue weighted by atomic mass is 35.5. The largest absolute Gasteiger partial charge is 0.497 e. The first-order valence-electron chi connectivity index (χ1n) is 8.81. The van der Waals surface area contributed by atoms with Gasteiger partial charge in [-0.1, -0.05) is 41.1 Å². The van der Waals surface area contributed by atoms with Crippen molar-refractivity contribution in [3.8, 4) is 5.75 Å². The van der Waals surface area contributed by atoms with Crippen LogP contribution >= 0.6 is 22.9 Å². The monoisotopic (exact) mass is 415 g/mol. The molecule has 0 unspecified atom stereocenters. The van der Waals surface area contributed by atoms with Gasteiger partial charge in [0.05, 0.1) is 17.3 Å². The predicted molar refractivity (Wildman–Crippen MR) is 118 cm³/mol. The van der Waals surface area contributed by atoms with Gasteiger partial charge in [0, 0.05) is 30.3 Å². The summed E-state index contributed by atoms with van der Waals surface area (Å²) >= 11 is 7.67. The normalized spacial score (nSPS) is 11.5. The molecule has 1 aromatic heterocycles. The maximum absolute atomic E-state index is 13.0. The summed E-state index contributed by atoms with van der Waals surface area (Å²) in [6.45, 7) is 1.26. The van der Waals surface area contributed by atoms with E-state index in [-0.39, 0.29) is 5.91 Å². The molecule has 5 nitrogen and oxygen atoms in total. The minimum absolute atomic E-state index is 0.132. The summed E-state index contributed by atoms with van der Waals surface area (Å²) in [6.07, 6.45) is 3.28. The first kappa shape index (κ1) is 20.3. The molecule has 2 aromatic carbocycles. The predicted octanol–water partition coefficient (Wildman–Crippen LogP) is 4.57. The smallest absolute Gasteiger partial charge is 0.252 e. The van der Waals surface area contributed by atoms with Gasteiger partial charge >= 0.3 is 0 Å². The zero-order chi connectivity index (χ0) is 20.1. The lowest BCUT2D eigenvalue weighted by molar-refractivity contribution is -0.114. The minimum Gasteiger partial charge on any atom is -0.497 e. The summed E-state index contributed by atoms with van der Waals surface area (Å²) in [5.41, 5.74) is 1.62. The van der Waals surface area contributed by atoms with Crippen molar-refractivity contribution in [1.29, 1.82) is 0 Å². The first-order valence-corrected chi connectivity index (χ1v) is 10.0. The fourth-order valence-electron chi connectivity index (χ4n) is 2.60. The Kier molecular flexibility index (Phi) is 6.67. The van der Waals surface area contributed by atoms with E-state index in [1.165, 1.54) is 11.3 Å². The second-order valence-electron chi connectivity index (χ2n) is 6.48. The first-order chi connectivity index (χ1) is 13.5. The summed E-state index contributed by atoms with van der Waals surface area (Å²) in [7, 11) is 5.58. The molecular formula is C21H22ClN3O2S. The number of rotatable bonds is 7. The topological polar surface area (TPSA) is 45.7 Å². The van der Waals surface area contributed by atoms with Gasteiger partial charge in [-0.15, -0.1) is 0 Å². The number of carbonyl (C=O) groups excluding carboxylic acids is 1. The van der Waals surface area contributed by atoms with Gasteiger partial charge in [-0.05, 0) is 43.9 Å². The lowest BCUT2D eigenvalue weighted by atomic mass is 10.2. The van der Waals surface area contributed by atoms with Crippen LogP contribution in [0.2, 0.25) is 5.02 Å². The van der Waals surface area contributed by atoms with E-state index >= 15 is 0 Å².